The fraction of sp³-hybridized carbons (Fsp3) is 0.300. The van der Waals surface area contributed by atoms with Gasteiger partial charge < -0.3 is 9.64 Å². The molecule has 138 valence electrons. The van der Waals surface area contributed by atoms with E-state index in [1.807, 2.05) is 37.9 Å². The number of ether oxygens (including phenoxy) is 1. The lowest BCUT2D eigenvalue weighted by atomic mass is 10.0. The first-order chi connectivity index (χ1) is 12.3. The van der Waals surface area contributed by atoms with Crippen molar-refractivity contribution >= 4 is 41.0 Å². The predicted molar refractivity (Wildman–Crippen MR) is 109 cm³/mol. The number of aryl methyl sites for hydroxylation is 2. The molecule has 0 saturated heterocycles. The predicted octanol–water partition coefficient (Wildman–Crippen LogP) is 5.48. The molecule has 26 heavy (non-hydrogen) atoms. The van der Waals surface area contributed by atoms with Crippen LogP contribution in [-0.2, 0) is 0 Å². The summed E-state index contributed by atoms with van der Waals surface area (Å²) in [6.45, 7) is 6.68. The van der Waals surface area contributed by atoms with E-state index < -0.39 is 0 Å². The second-order valence-corrected chi connectivity index (χ2v) is 6.96. The zero-order valence-corrected chi connectivity index (χ0v) is 16.9. The molecule has 6 heteroatoms. The molecule has 0 aliphatic rings. The Morgan fingerprint density at radius 2 is 1.77 bits per heavy atom. The number of rotatable bonds is 7. The monoisotopic (exact) mass is 392 g/mol. The van der Waals surface area contributed by atoms with Gasteiger partial charge in [0.2, 0.25) is 0 Å². The van der Waals surface area contributed by atoms with E-state index in [2.05, 4.69) is 11.9 Å². The zero-order valence-electron chi connectivity index (χ0n) is 15.3. The van der Waals surface area contributed by atoms with Crippen LogP contribution in [0.15, 0.2) is 35.3 Å². The van der Waals surface area contributed by atoms with E-state index in [9.17, 15) is 4.79 Å². The van der Waals surface area contributed by atoms with Gasteiger partial charge in [0.15, 0.2) is 12.4 Å². The number of hydrogen-bond donors (Lipinski definition) is 0. The molecule has 2 rings (SSSR count). The lowest BCUT2D eigenvalue weighted by molar-refractivity contribution is 0.0921. The highest BCUT2D eigenvalue weighted by atomic mass is 35.5. The van der Waals surface area contributed by atoms with E-state index in [-0.39, 0.29) is 12.4 Å². The Morgan fingerprint density at radius 1 is 1.12 bits per heavy atom. The molecule has 0 aliphatic heterocycles. The summed E-state index contributed by atoms with van der Waals surface area (Å²) >= 11 is 11.9. The number of aliphatic imine (C=N–C) groups is 1. The van der Waals surface area contributed by atoms with Gasteiger partial charge in [0, 0.05) is 29.2 Å². The van der Waals surface area contributed by atoms with E-state index in [4.69, 9.17) is 27.9 Å². The van der Waals surface area contributed by atoms with Gasteiger partial charge in [0.1, 0.15) is 5.75 Å². The Bertz CT molecular complexity index is 815. The van der Waals surface area contributed by atoms with Crippen LogP contribution in [0, 0.1) is 13.8 Å². The van der Waals surface area contributed by atoms with Crippen molar-refractivity contribution in [2.75, 3.05) is 20.2 Å². The first-order valence-electron chi connectivity index (χ1n) is 8.28. The van der Waals surface area contributed by atoms with Crippen LogP contribution in [0.4, 0.5) is 5.69 Å². The zero-order chi connectivity index (χ0) is 19.3. The van der Waals surface area contributed by atoms with Crippen LogP contribution in [0.1, 0.15) is 28.4 Å². The van der Waals surface area contributed by atoms with Crippen molar-refractivity contribution in [1.82, 2.24) is 4.90 Å². The molecule has 0 atom stereocenters. The molecule has 0 amide bonds. The van der Waals surface area contributed by atoms with Crippen molar-refractivity contribution < 1.29 is 9.53 Å². The summed E-state index contributed by atoms with van der Waals surface area (Å²) in [5, 5.41) is 0.928. The summed E-state index contributed by atoms with van der Waals surface area (Å²) in [5.74, 6) is 0.358. The maximum Gasteiger partial charge on any atom is 0.200 e. The van der Waals surface area contributed by atoms with Crippen molar-refractivity contribution in [2.45, 2.75) is 20.8 Å². The smallest absolute Gasteiger partial charge is 0.200 e. The molecule has 0 radical (unpaired) electrons. The molecular weight excluding hydrogens is 371 g/mol. The van der Waals surface area contributed by atoms with Gasteiger partial charge in [0.25, 0.3) is 0 Å². The van der Waals surface area contributed by atoms with E-state index in [0.717, 1.165) is 23.4 Å². The molecule has 0 bridgehead atoms. The largest absolute Gasteiger partial charge is 0.485 e. The molecule has 0 unspecified atom stereocenters. The van der Waals surface area contributed by atoms with Crippen LogP contribution < -0.4 is 4.74 Å². The van der Waals surface area contributed by atoms with Crippen molar-refractivity contribution in [3.63, 3.8) is 0 Å². The highest BCUT2D eigenvalue weighted by Crippen LogP contribution is 2.26. The summed E-state index contributed by atoms with van der Waals surface area (Å²) in [6, 6.07) is 8.63. The Kier molecular flexibility index (Phi) is 7.06. The first kappa shape index (κ1) is 20.3. The van der Waals surface area contributed by atoms with E-state index in [1.54, 1.807) is 24.5 Å². The Morgan fingerprint density at radius 3 is 2.38 bits per heavy atom. The number of carbonyl (C=O) groups excluding carboxylic acids is 1. The maximum atomic E-state index is 12.5. The Labute approximate surface area is 164 Å². The second-order valence-electron chi connectivity index (χ2n) is 6.09. The third kappa shape index (κ3) is 5.48. The number of Topliss-reactive ketones (excluding diaryl/α,β-unsaturated/α-hetero) is 1. The minimum Gasteiger partial charge on any atom is -0.485 e. The molecule has 0 aliphatic carbocycles. The molecule has 2 aromatic carbocycles. The van der Waals surface area contributed by atoms with Crippen LogP contribution in [-0.4, -0.2) is 37.2 Å². The summed E-state index contributed by atoms with van der Waals surface area (Å²) < 4.78 is 5.55. The molecule has 0 fully saturated rings. The summed E-state index contributed by atoms with van der Waals surface area (Å²) in [5.41, 5.74) is 3.27. The van der Waals surface area contributed by atoms with Crippen molar-refractivity contribution in [2.24, 2.45) is 4.99 Å². The first-order valence-corrected chi connectivity index (χ1v) is 9.03. The van der Waals surface area contributed by atoms with E-state index in [1.165, 1.54) is 0 Å². The fourth-order valence-electron chi connectivity index (χ4n) is 2.32. The average Bonchev–Trinajstić information content (AvgIpc) is 2.58. The summed E-state index contributed by atoms with van der Waals surface area (Å²) in [6.07, 6.45) is 1.79. The molecule has 0 N–H and O–H groups in total. The average molecular weight is 393 g/mol. The lowest BCUT2D eigenvalue weighted by Gasteiger charge is -2.12. The third-order valence-electron chi connectivity index (χ3n) is 3.94. The van der Waals surface area contributed by atoms with Crippen molar-refractivity contribution in [3.8, 4) is 5.75 Å². The molecule has 0 heterocycles. The van der Waals surface area contributed by atoms with Crippen LogP contribution >= 0.6 is 23.2 Å². The van der Waals surface area contributed by atoms with Crippen molar-refractivity contribution in [3.05, 3.63) is 57.1 Å². The van der Waals surface area contributed by atoms with Gasteiger partial charge in [-0.2, -0.15) is 0 Å². The number of hydrogen-bond acceptors (Lipinski definition) is 3. The Balaban J connectivity index is 2.13. The maximum absolute atomic E-state index is 12.5. The molecular formula is C20H22Cl2N2O2. The number of halogens is 2. The van der Waals surface area contributed by atoms with Crippen LogP contribution in [0.2, 0.25) is 10.0 Å². The fourth-order valence-corrected chi connectivity index (χ4v) is 2.83. The highest BCUT2D eigenvalue weighted by molar-refractivity contribution is 6.34. The van der Waals surface area contributed by atoms with Crippen molar-refractivity contribution in [1.29, 1.82) is 0 Å². The topological polar surface area (TPSA) is 41.9 Å². The standard InChI is InChI=1S/C20H22Cl2N2O2/c1-5-24(4)12-23-19-7-13(2)18(6-14(19)3)20(25)11-26-17-9-15(21)8-16(22)10-17/h6-10,12H,5,11H2,1-4H3/b23-12-. The second kappa shape index (κ2) is 9.06. The highest BCUT2D eigenvalue weighted by Gasteiger charge is 2.13. The number of benzene rings is 2. The SMILES string of the molecule is CCN(C)/C=N\c1cc(C)c(C(=O)COc2cc(Cl)cc(Cl)c2)cc1C. The summed E-state index contributed by atoms with van der Waals surface area (Å²) in [4.78, 5) is 19.0. The minimum absolute atomic E-state index is 0.0852. The quantitative estimate of drug-likeness (QED) is 0.355. The lowest BCUT2D eigenvalue weighted by Crippen LogP contribution is -2.14. The van der Waals surface area contributed by atoms with E-state index in [0.29, 0.717) is 21.4 Å². The summed E-state index contributed by atoms with van der Waals surface area (Å²) in [7, 11) is 1.96. The molecule has 0 spiro atoms. The van der Waals surface area contributed by atoms with Gasteiger partial charge in [-0.05, 0) is 62.2 Å². The van der Waals surface area contributed by atoms with Crippen LogP contribution in [0.25, 0.3) is 0 Å². The van der Waals surface area contributed by atoms with Crippen LogP contribution in [0.3, 0.4) is 0 Å². The van der Waals surface area contributed by atoms with Gasteiger partial charge in [-0.15, -0.1) is 0 Å². The Hall–Kier alpha value is -2.04. The number of ketones is 1. The van der Waals surface area contributed by atoms with Gasteiger partial charge in [0.05, 0.1) is 12.0 Å². The molecule has 4 nitrogen and oxygen atoms in total. The third-order valence-corrected chi connectivity index (χ3v) is 4.38. The van der Waals surface area contributed by atoms with Gasteiger partial charge in [-0.25, -0.2) is 4.99 Å². The molecule has 2 aromatic rings. The number of nitrogens with zero attached hydrogens (tertiary/aromatic N) is 2. The van der Waals surface area contributed by atoms with Gasteiger partial charge in [-0.1, -0.05) is 23.2 Å². The van der Waals surface area contributed by atoms with Gasteiger partial charge in [-0.3, -0.25) is 4.79 Å². The minimum atomic E-state index is -0.108. The number of carbonyl (C=O) groups is 1. The molecule has 0 saturated carbocycles. The van der Waals surface area contributed by atoms with E-state index >= 15 is 0 Å². The molecule has 0 aromatic heterocycles. The van der Waals surface area contributed by atoms with Crippen LogP contribution in [0.5, 0.6) is 5.75 Å². The van der Waals surface area contributed by atoms with Gasteiger partial charge >= 0.3 is 0 Å². The normalized spacial score (nSPS) is 11.0.